The van der Waals surface area contributed by atoms with E-state index >= 15 is 0 Å². The van der Waals surface area contributed by atoms with Gasteiger partial charge in [-0.25, -0.2) is 8.42 Å². The third-order valence-corrected chi connectivity index (χ3v) is 7.66. The number of sulfonamides is 1. The monoisotopic (exact) mass is 477 g/mol. The van der Waals surface area contributed by atoms with Crippen molar-refractivity contribution in [2.24, 2.45) is 0 Å². The van der Waals surface area contributed by atoms with Gasteiger partial charge in [-0.05, 0) is 55.5 Å². The van der Waals surface area contributed by atoms with Crippen LogP contribution in [0, 0.1) is 0 Å². The summed E-state index contributed by atoms with van der Waals surface area (Å²) in [4.78, 5) is 26.2. The van der Waals surface area contributed by atoms with Crippen molar-refractivity contribution in [2.45, 2.75) is 28.7 Å². The molecule has 0 spiro atoms. The van der Waals surface area contributed by atoms with Crippen LogP contribution >= 0.6 is 11.8 Å². The Kier molecular flexibility index (Phi) is 8.30. The van der Waals surface area contributed by atoms with Crippen LogP contribution in [-0.2, 0) is 19.6 Å². The van der Waals surface area contributed by atoms with Crippen LogP contribution in [0.2, 0.25) is 0 Å². The highest BCUT2D eigenvalue weighted by Gasteiger charge is 2.24. The second kappa shape index (κ2) is 11.0. The molecule has 2 N–H and O–H groups in total. The highest BCUT2D eigenvalue weighted by atomic mass is 32.2. The van der Waals surface area contributed by atoms with Gasteiger partial charge in [0, 0.05) is 25.1 Å². The third kappa shape index (κ3) is 6.10. The fraction of sp³-hybridized carbons (Fsp3) is 0.364. The summed E-state index contributed by atoms with van der Waals surface area (Å²) in [5.41, 5.74) is 0.620. The Hall–Kier alpha value is -2.40. The van der Waals surface area contributed by atoms with Gasteiger partial charge in [-0.3, -0.25) is 9.59 Å². The molecule has 2 aromatic rings. The van der Waals surface area contributed by atoms with Crippen molar-refractivity contribution >= 4 is 39.3 Å². The van der Waals surface area contributed by atoms with Crippen molar-refractivity contribution in [3.63, 3.8) is 0 Å². The lowest BCUT2D eigenvalue weighted by atomic mass is 10.1. The number of hydrogen-bond donors (Lipinski definition) is 2. The number of para-hydroxylation sites is 1. The van der Waals surface area contributed by atoms with E-state index in [4.69, 9.17) is 4.74 Å². The van der Waals surface area contributed by atoms with Crippen molar-refractivity contribution in [2.75, 3.05) is 38.3 Å². The van der Waals surface area contributed by atoms with E-state index in [1.54, 1.807) is 36.4 Å². The van der Waals surface area contributed by atoms with E-state index in [-0.39, 0.29) is 16.9 Å². The molecule has 172 valence electrons. The second-order valence-corrected chi connectivity index (χ2v) is 10.3. The van der Waals surface area contributed by atoms with Gasteiger partial charge in [-0.1, -0.05) is 12.1 Å². The summed E-state index contributed by atoms with van der Waals surface area (Å²) in [6.07, 6.45) is 3.79. The van der Waals surface area contributed by atoms with Gasteiger partial charge in [0.1, 0.15) is 0 Å². The number of ether oxygens (including phenoxy) is 1. The van der Waals surface area contributed by atoms with Crippen molar-refractivity contribution in [1.29, 1.82) is 0 Å². The van der Waals surface area contributed by atoms with Crippen LogP contribution in [-0.4, -0.2) is 63.6 Å². The van der Waals surface area contributed by atoms with Crippen molar-refractivity contribution < 1.29 is 22.7 Å². The molecule has 1 atom stereocenters. The molecular formula is C22H27N3O5S2. The molecule has 1 aliphatic rings. The number of likely N-dealkylation sites (N-methyl/N-ethyl adjacent to an activating group) is 1. The van der Waals surface area contributed by atoms with Crippen LogP contribution in [0.5, 0.6) is 0 Å². The minimum absolute atomic E-state index is 0.00421. The zero-order valence-electron chi connectivity index (χ0n) is 18.0. The summed E-state index contributed by atoms with van der Waals surface area (Å²) in [6.45, 7) is 0.710. The molecule has 8 nitrogen and oxygen atoms in total. The van der Waals surface area contributed by atoms with E-state index in [2.05, 4.69) is 10.6 Å². The van der Waals surface area contributed by atoms with Crippen LogP contribution in [0.4, 0.5) is 5.69 Å². The van der Waals surface area contributed by atoms with Gasteiger partial charge < -0.3 is 15.4 Å². The second-order valence-electron chi connectivity index (χ2n) is 7.38. The molecule has 10 heteroatoms. The minimum Gasteiger partial charge on any atom is -0.376 e. The Morgan fingerprint density at radius 3 is 2.53 bits per heavy atom. The summed E-state index contributed by atoms with van der Waals surface area (Å²) in [5.74, 6) is -0.873. The zero-order valence-corrected chi connectivity index (χ0v) is 19.7. The average Bonchev–Trinajstić information content (AvgIpc) is 3.31. The maximum absolute atomic E-state index is 12.8. The molecule has 0 radical (unpaired) electrons. The number of thioether (sulfide) groups is 1. The van der Waals surface area contributed by atoms with Gasteiger partial charge in [0.25, 0.3) is 5.91 Å². The zero-order chi connectivity index (χ0) is 23.1. The summed E-state index contributed by atoms with van der Waals surface area (Å²) in [6, 6.07) is 13.1. The molecule has 1 heterocycles. The lowest BCUT2D eigenvalue weighted by Gasteiger charge is -2.18. The molecule has 2 aromatic carbocycles. The lowest BCUT2D eigenvalue weighted by Crippen LogP contribution is -2.36. The number of rotatable bonds is 9. The van der Waals surface area contributed by atoms with Crippen molar-refractivity contribution in [3.05, 3.63) is 54.1 Å². The first-order valence-corrected chi connectivity index (χ1v) is 12.9. The molecule has 0 saturated carbocycles. The van der Waals surface area contributed by atoms with Gasteiger partial charge >= 0.3 is 0 Å². The quantitative estimate of drug-likeness (QED) is 0.538. The molecule has 1 saturated heterocycles. The van der Waals surface area contributed by atoms with Crippen LogP contribution in [0.1, 0.15) is 23.2 Å². The highest BCUT2D eigenvalue weighted by Crippen LogP contribution is 2.20. The van der Waals surface area contributed by atoms with Crippen molar-refractivity contribution in [3.8, 4) is 0 Å². The summed E-state index contributed by atoms with van der Waals surface area (Å²) >= 11 is 1.51. The predicted octanol–water partition coefficient (Wildman–Crippen LogP) is 2.58. The first-order chi connectivity index (χ1) is 15.3. The van der Waals surface area contributed by atoms with E-state index < -0.39 is 22.5 Å². The van der Waals surface area contributed by atoms with E-state index in [0.29, 0.717) is 24.4 Å². The standard InChI is InChI=1S/C22H27N3O5S2/c1-25(32(28,29)18-11-9-17(31-2)10-12-18)15-21(26)24-20-8-4-3-7-19(20)22(27)23-14-16-6-5-13-30-16/h3-4,7-12,16H,5-6,13-15H2,1-2H3,(H,23,27)(H,24,26)/t16-/m1/s1. The smallest absolute Gasteiger partial charge is 0.253 e. The number of carbonyl (C=O) groups is 2. The summed E-state index contributed by atoms with van der Waals surface area (Å²) in [7, 11) is -2.48. The Balaban J connectivity index is 1.63. The number of nitrogens with zero attached hydrogens (tertiary/aromatic N) is 1. The number of amides is 2. The molecule has 1 aliphatic heterocycles. The number of anilines is 1. The first kappa shape index (κ1) is 24.2. The van der Waals surface area contributed by atoms with Gasteiger partial charge in [0.2, 0.25) is 15.9 Å². The van der Waals surface area contributed by atoms with Gasteiger partial charge in [-0.2, -0.15) is 4.31 Å². The van der Waals surface area contributed by atoms with E-state index in [1.165, 1.54) is 30.9 Å². The maximum Gasteiger partial charge on any atom is 0.253 e. The largest absolute Gasteiger partial charge is 0.376 e. The van der Waals surface area contributed by atoms with Crippen LogP contribution < -0.4 is 10.6 Å². The molecular weight excluding hydrogens is 450 g/mol. The average molecular weight is 478 g/mol. The molecule has 0 unspecified atom stereocenters. The Labute approximate surface area is 192 Å². The Morgan fingerprint density at radius 1 is 1.16 bits per heavy atom. The minimum atomic E-state index is -3.83. The van der Waals surface area contributed by atoms with Crippen LogP contribution in [0.25, 0.3) is 0 Å². The number of carbonyl (C=O) groups excluding carboxylic acids is 2. The summed E-state index contributed by atoms with van der Waals surface area (Å²) < 4.78 is 32.0. The summed E-state index contributed by atoms with van der Waals surface area (Å²) in [5, 5.41) is 5.48. The SMILES string of the molecule is CSc1ccc(S(=O)(=O)N(C)CC(=O)Nc2ccccc2C(=O)NC[C@H]2CCCO2)cc1. The van der Waals surface area contributed by atoms with E-state index in [1.807, 2.05) is 6.26 Å². The topological polar surface area (TPSA) is 105 Å². The lowest BCUT2D eigenvalue weighted by molar-refractivity contribution is -0.116. The van der Waals surface area contributed by atoms with Gasteiger partial charge in [0.05, 0.1) is 28.8 Å². The molecule has 2 amide bonds. The number of hydrogen-bond acceptors (Lipinski definition) is 6. The molecule has 1 fully saturated rings. The Bertz CT molecular complexity index is 1050. The van der Waals surface area contributed by atoms with Crippen LogP contribution in [0.3, 0.4) is 0 Å². The van der Waals surface area contributed by atoms with Gasteiger partial charge in [-0.15, -0.1) is 11.8 Å². The number of benzene rings is 2. The first-order valence-electron chi connectivity index (χ1n) is 10.2. The maximum atomic E-state index is 12.8. The predicted molar refractivity (Wildman–Crippen MR) is 124 cm³/mol. The fourth-order valence-electron chi connectivity index (χ4n) is 3.30. The molecule has 0 bridgehead atoms. The van der Waals surface area contributed by atoms with Gasteiger partial charge in [0.15, 0.2) is 0 Å². The fourth-order valence-corrected chi connectivity index (χ4v) is 4.84. The van der Waals surface area contributed by atoms with E-state index in [0.717, 1.165) is 22.0 Å². The Morgan fingerprint density at radius 2 is 1.88 bits per heavy atom. The third-order valence-electron chi connectivity index (χ3n) is 5.09. The molecule has 32 heavy (non-hydrogen) atoms. The van der Waals surface area contributed by atoms with Crippen LogP contribution in [0.15, 0.2) is 58.3 Å². The highest BCUT2D eigenvalue weighted by molar-refractivity contribution is 7.98. The molecule has 0 aliphatic carbocycles. The molecule has 0 aromatic heterocycles. The molecule has 3 rings (SSSR count). The number of nitrogens with one attached hydrogen (secondary N) is 2. The van der Waals surface area contributed by atoms with E-state index in [9.17, 15) is 18.0 Å². The normalized spacial score (nSPS) is 16.2. The van der Waals surface area contributed by atoms with Crippen molar-refractivity contribution in [1.82, 2.24) is 9.62 Å².